The maximum Gasteiger partial charge on any atom is 0.308 e. The predicted molar refractivity (Wildman–Crippen MR) is 120 cm³/mol. The summed E-state index contributed by atoms with van der Waals surface area (Å²) >= 11 is 0. The summed E-state index contributed by atoms with van der Waals surface area (Å²) in [7, 11) is 1.56. The van der Waals surface area contributed by atoms with Crippen LogP contribution < -0.4 is 10.1 Å². The molecule has 0 fully saturated rings. The molecule has 0 unspecified atom stereocenters. The van der Waals surface area contributed by atoms with Gasteiger partial charge in [0.15, 0.2) is 12.4 Å². The third-order valence-electron chi connectivity index (χ3n) is 4.89. The zero-order valence-electron chi connectivity index (χ0n) is 17.8. The molecule has 1 atom stereocenters. The number of rotatable bonds is 10. The van der Waals surface area contributed by atoms with E-state index in [2.05, 4.69) is 5.32 Å². The van der Waals surface area contributed by atoms with Gasteiger partial charge in [-0.15, -0.1) is 0 Å². The molecular formula is C26H25NO5. The fraction of sp³-hybridized carbons (Fsp3) is 0.192. The molecule has 0 aromatic heterocycles. The summed E-state index contributed by atoms with van der Waals surface area (Å²) in [5.41, 5.74) is 2.08. The van der Waals surface area contributed by atoms with Gasteiger partial charge >= 0.3 is 5.97 Å². The van der Waals surface area contributed by atoms with Gasteiger partial charge in [0.05, 0.1) is 26.0 Å². The molecule has 3 aromatic rings. The maximum atomic E-state index is 12.6. The molecule has 3 aromatic carbocycles. The fourth-order valence-corrected chi connectivity index (χ4v) is 3.19. The number of nitrogens with one attached hydrogen (secondary N) is 1. The number of methoxy groups -OCH3 is 1. The van der Waals surface area contributed by atoms with Crippen LogP contribution in [0.25, 0.3) is 0 Å². The molecule has 0 aliphatic heterocycles. The van der Waals surface area contributed by atoms with Crippen LogP contribution in [0.15, 0.2) is 84.9 Å². The van der Waals surface area contributed by atoms with Crippen molar-refractivity contribution in [2.45, 2.75) is 18.9 Å². The Balaban J connectivity index is 1.65. The molecular weight excluding hydrogens is 406 g/mol. The van der Waals surface area contributed by atoms with E-state index < -0.39 is 12.0 Å². The molecule has 6 nitrogen and oxygen atoms in total. The van der Waals surface area contributed by atoms with E-state index in [0.29, 0.717) is 11.3 Å². The van der Waals surface area contributed by atoms with Crippen LogP contribution in [-0.2, 0) is 20.7 Å². The summed E-state index contributed by atoms with van der Waals surface area (Å²) in [6.07, 6.45) is 0.0873. The second kappa shape index (κ2) is 11.5. The number of hydrogen-bond donors (Lipinski definition) is 1. The van der Waals surface area contributed by atoms with E-state index in [1.807, 2.05) is 30.3 Å². The van der Waals surface area contributed by atoms with Gasteiger partial charge in [0, 0.05) is 5.56 Å². The van der Waals surface area contributed by atoms with E-state index in [1.165, 1.54) is 0 Å². The summed E-state index contributed by atoms with van der Waals surface area (Å²) in [4.78, 5) is 37.3. The first-order valence-electron chi connectivity index (χ1n) is 10.3. The number of benzene rings is 3. The highest BCUT2D eigenvalue weighted by Gasteiger charge is 2.20. The van der Waals surface area contributed by atoms with Crippen LogP contribution in [0.4, 0.5) is 0 Å². The third kappa shape index (κ3) is 6.80. The Kier molecular flexibility index (Phi) is 8.15. The van der Waals surface area contributed by atoms with E-state index in [1.54, 1.807) is 61.7 Å². The van der Waals surface area contributed by atoms with Crippen LogP contribution in [0.5, 0.6) is 5.75 Å². The predicted octanol–water partition coefficient (Wildman–Crippen LogP) is 3.91. The number of carbonyl (C=O) groups is 3. The number of Topliss-reactive ketones (excluding diaryl/α,β-unsaturated/α-hetero) is 1. The molecule has 3 rings (SSSR count). The smallest absolute Gasteiger partial charge is 0.308 e. The van der Waals surface area contributed by atoms with Gasteiger partial charge in [0.25, 0.3) is 0 Å². The highest BCUT2D eigenvalue weighted by atomic mass is 16.5. The van der Waals surface area contributed by atoms with Gasteiger partial charge in [-0.2, -0.15) is 0 Å². The van der Waals surface area contributed by atoms with E-state index in [-0.39, 0.29) is 31.1 Å². The van der Waals surface area contributed by atoms with Crippen LogP contribution in [-0.4, -0.2) is 31.4 Å². The second-order valence-electron chi connectivity index (χ2n) is 7.21. The van der Waals surface area contributed by atoms with Crippen molar-refractivity contribution in [2.24, 2.45) is 0 Å². The zero-order valence-corrected chi connectivity index (χ0v) is 17.8. The Morgan fingerprint density at radius 2 is 1.47 bits per heavy atom. The molecule has 164 valence electrons. The number of ether oxygens (including phenoxy) is 2. The minimum Gasteiger partial charge on any atom is -0.497 e. The number of carbonyl (C=O) groups excluding carboxylic acids is 3. The van der Waals surface area contributed by atoms with Crippen molar-refractivity contribution in [1.82, 2.24) is 5.32 Å². The molecule has 1 N–H and O–H groups in total. The van der Waals surface area contributed by atoms with Crippen molar-refractivity contribution in [3.8, 4) is 5.75 Å². The first-order valence-corrected chi connectivity index (χ1v) is 10.3. The lowest BCUT2D eigenvalue weighted by Crippen LogP contribution is -2.32. The Hall–Kier alpha value is -3.93. The van der Waals surface area contributed by atoms with Crippen LogP contribution in [0.1, 0.15) is 33.9 Å². The Bertz CT molecular complexity index is 1030. The molecule has 0 spiro atoms. The Labute approximate surface area is 187 Å². The summed E-state index contributed by atoms with van der Waals surface area (Å²) in [6, 6.07) is 24.5. The number of amides is 1. The van der Waals surface area contributed by atoms with Gasteiger partial charge in [-0.1, -0.05) is 72.8 Å². The van der Waals surface area contributed by atoms with E-state index in [0.717, 1.165) is 11.1 Å². The lowest BCUT2D eigenvalue weighted by molar-refractivity contribution is -0.143. The molecule has 1 amide bonds. The Morgan fingerprint density at radius 1 is 0.844 bits per heavy atom. The number of hydrogen-bond acceptors (Lipinski definition) is 5. The van der Waals surface area contributed by atoms with Gasteiger partial charge in [-0.05, 0) is 23.3 Å². The lowest BCUT2D eigenvalue weighted by Gasteiger charge is -2.19. The fourth-order valence-electron chi connectivity index (χ4n) is 3.19. The van der Waals surface area contributed by atoms with E-state index in [4.69, 9.17) is 9.47 Å². The summed E-state index contributed by atoms with van der Waals surface area (Å²) in [5, 5.41) is 2.90. The molecule has 0 saturated heterocycles. The molecule has 0 saturated carbocycles. The quantitative estimate of drug-likeness (QED) is 0.389. The SMILES string of the molecule is COc1ccc([C@@H](CC(=O)OCC(=O)c2ccccc2)NC(=O)Cc2ccccc2)cc1. The first kappa shape index (κ1) is 22.7. The van der Waals surface area contributed by atoms with Crippen molar-refractivity contribution in [3.05, 3.63) is 102 Å². The minimum absolute atomic E-state index is 0.102. The van der Waals surface area contributed by atoms with Crippen LogP contribution in [0.3, 0.4) is 0 Å². The van der Waals surface area contributed by atoms with Crippen molar-refractivity contribution >= 4 is 17.7 Å². The topological polar surface area (TPSA) is 81.7 Å². The van der Waals surface area contributed by atoms with Gasteiger partial charge in [-0.3, -0.25) is 14.4 Å². The summed E-state index contributed by atoms with van der Waals surface area (Å²) in [6.45, 7) is -0.351. The van der Waals surface area contributed by atoms with Crippen LogP contribution in [0.2, 0.25) is 0 Å². The number of ketones is 1. The zero-order chi connectivity index (χ0) is 22.8. The van der Waals surface area contributed by atoms with Crippen molar-refractivity contribution in [2.75, 3.05) is 13.7 Å². The lowest BCUT2D eigenvalue weighted by atomic mass is 10.0. The Morgan fingerprint density at radius 3 is 2.09 bits per heavy atom. The van der Waals surface area contributed by atoms with Gasteiger partial charge in [0.1, 0.15) is 5.75 Å². The molecule has 0 aliphatic carbocycles. The van der Waals surface area contributed by atoms with Crippen LogP contribution in [0, 0.1) is 0 Å². The molecule has 6 heteroatoms. The second-order valence-corrected chi connectivity index (χ2v) is 7.21. The minimum atomic E-state index is -0.601. The highest BCUT2D eigenvalue weighted by Crippen LogP contribution is 2.21. The largest absolute Gasteiger partial charge is 0.497 e. The third-order valence-corrected chi connectivity index (χ3v) is 4.89. The first-order chi connectivity index (χ1) is 15.5. The van der Waals surface area contributed by atoms with Gasteiger partial charge < -0.3 is 14.8 Å². The highest BCUT2D eigenvalue weighted by molar-refractivity contribution is 5.97. The number of esters is 1. The maximum absolute atomic E-state index is 12.6. The molecule has 0 radical (unpaired) electrons. The van der Waals surface area contributed by atoms with Gasteiger partial charge in [0.2, 0.25) is 5.91 Å². The van der Waals surface area contributed by atoms with Crippen LogP contribution >= 0.6 is 0 Å². The monoisotopic (exact) mass is 431 g/mol. The van der Waals surface area contributed by atoms with E-state index in [9.17, 15) is 14.4 Å². The molecule has 32 heavy (non-hydrogen) atoms. The van der Waals surface area contributed by atoms with Crippen molar-refractivity contribution < 1.29 is 23.9 Å². The summed E-state index contributed by atoms with van der Waals surface area (Å²) < 4.78 is 10.4. The molecule has 0 heterocycles. The van der Waals surface area contributed by atoms with Crippen molar-refractivity contribution in [3.63, 3.8) is 0 Å². The van der Waals surface area contributed by atoms with E-state index >= 15 is 0 Å². The average molecular weight is 431 g/mol. The molecule has 0 bridgehead atoms. The average Bonchev–Trinajstić information content (AvgIpc) is 2.83. The molecule has 0 aliphatic rings. The van der Waals surface area contributed by atoms with Crippen molar-refractivity contribution in [1.29, 1.82) is 0 Å². The van der Waals surface area contributed by atoms with Gasteiger partial charge in [-0.25, -0.2) is 0 Å². The summed E-state index contributed by atoms with van der Waals surface area (Å²) in [5.74, 6) is -0.410. The normalized spacial score (nSPS) is 11.3. The standard InChI is InChI=1S/C26H25NO5/c1-31-22-14-12-20(13-15-22)23(27-25(29)16-19-8-4-2-5-9-19)17-26(30)32-18-24(28)21-10-6-3-7-11-21/h2-15,23H,16-18H2,1H3,(H,27,29)/t23-/m1/s1.